The van der Waals surface area contributed by atoms with Gasteiger partial charge in [0.2, 0.25) is 0 Å². The molecular weight excluding hydrogens is 176 g/mol. The quantitative estimate of drug-likeness (QED) is 0.678. The van der Waals surface area contributed by atoms with Crippen LogP contribution in [0.15, 0.2) is 0 Å². The number of hydrogen-bond acceptors (Lipinski definition) is 2. The lowest BCUT2D eigenvalue weighted by Gasteiger charge is -2.28. The molecule has 0 aliphatic heterocycles. The summed E-state index contributed by atoms with van der Waals surface area (Å²) in [5.41, 5.74) is 0. The lowest BCUT2D eigenvalue weighted by atomic mass is 9.84. The molecule has 0 amide bonds. The molecule has 0 heterocycles. The first-order chi connectivity index (χ1) is 6.77. The molecule has 2 nitrogen and oxygen atoms in total. The second kappa shape index (κ2) is 6.41. The van der Waals surface area contributed by atoms with Crippen LogP contribution in [0.4, 0.5) is 0 Å². The summed E-state index contributed by atoms with van der Waals surface area (Å²) in [6, 6.07) is 0. The average Bonchev–Trinajstić information content (AvgIpc) is 2.26. The molecule has 1 rings (SSSR count). The van der Waals surface area contributed by atoms with Crippen molar-refractivity contribution in [2.45, 2.75) is 50.7 Å². The fourth-order valence-corrected chi connectivity index (χ4v) is 2.30. The highest BCUT2D eigenvalue weighted by Crippen LogP contribution is 2.28. The van der Waals surface area contributed by atoms with E-state index in [-0.39, 0.29) is 12.2 Å². The number of methoxy groups -OCH3 is 2. The second-order valence-electron chi connectivity index (χ2n) is 4.29. The minimum Gasteiger partial charge on any atom is -0.379 e. The van der Waals surface area contributed by atoms with Gasteiger partial charge in [0.1, 0.15) is 0 Å². The van der Waals surface area contributed by atoms with Crippen LogP contribution < -0.4 is 0 Å². The maximum Gasteiger partial charge on any atom is 0.0835 e. The summed E-state index contributed by atoms with van der Waals surface area (Å²) in [6.45, 7) is 3.95. The molecule has 1 aliphatic carbocycles. The van der Waals surface area contributed by atoms with Gasteiger partial charge in [-0.3, -0.25) is 0 Å². The van der Waals surface area contributed by atoms with E-state index in [4.69, 9.17) is 9.47 Å². The maximum atomic E-state index is 5.42. The number of ether oxygens (including phenoxy) is 2. The summed E-state index contributed by atoms with van der Waals surface area (Å²) in [6.07, 6.45) is 8.15. The Morgan fingerprint density at radius 1 is 1.14 bits per heavy atom. The van der Waals surface area contributed by atoms with Crippen molar-refractivity contribution in [3.05, 3.63) is 6.92 Å². The number of hydrogen-bond donors (Lipinski definition) is 0. The molecule has 2 atom stereocenters. The van der Waals surface area contributed by atoms with Crippen LogP contribution in [-0.4, -0.2) is 26.4 Å². The summed E-state index contributed by atoms with van der Waals surface area (Å²) in [5, 5.41) is 0. The predicted octanol–water partition coefficient (Wildman–Crippen LogP) is 2.82. The van der Waals surface area contributed by atoms with Crippen LogP contribution in [-0.2, 0) is 9.47 Å². The molecule has 0 N–H and O–H groups in total. The molecular formula is C12H23O2. The smallest absolute Gasteiger partial charge is 0.0835 e. The van der Waals surface area contributed by atoms with Crippen molar-refractivity contribution < 1.29 is 9.47 Å². The predicted molar refractivity (Wildman–Crippen MR) is 58.1 cm³/mol. The summed E-state index contributed by atoms with van der Waals surface area (Å²) < 4.78 is 10.6. The summed E-state index contributed by atoms with van der Waals surface area (Å²) in [7, 11) is 3.45. The third kappa shape index (κ3) is 3.58. The Morgan fingerprint density at radius 3 is 2.29 bits per heavy atom. The minimum atomic E-state index is -0.0260. The molecule has 0 aromatic heterocycles. The van der Waals surface area contributed by atoms with Crippen LogP contribution in [0.3, 0.4) is 0 Å². The van der Waals surface area contributed by atoms with Gasteiger partial charge < -0.3 is 9.47 Å². The Balaban J connectivity index is 2.30. The zero-order chi connectivity index (χ0) is 10.4. The molecule has 0 spiro atoms. The maximum absolute atomic E-state index is 5.42. The van der Waals surface area contributed by atoms with E-state index in [1.807, 2.05) is 0 Å². The van der Waals surface area contributed by atoms with Gasteiger partial charge in [-0.15, -0.1) is 0 Å². The highest BCUT2D eigenvalue weighted by molar-refractivity contribution is 4.77. The average molecular weight is 199 g/mol. The van der Waals surface area contributed by atoms with Crippen molar-refractivity contribution in [2.24, 2.45) is 5.92 Å². The molecule has 14 heavy (non-hydrogen) atoms. The molecule has 0 aromatic rings. The Hall–Kier alpha value is -0.0800. The highest BCUT2D eigenvalue weighted by Gasteiger charge is 2.22. The molecule has 1 fully saturated rings. The molecule has 1 saturated carbocycles. The van der Waals surface area contributed by atoms with Crippen LogP contribution in [0.2, 0.25) is 0 Å². The summed E-state index contributed by atoms with van der Waals surface area (Å²) in [5.74, 6) is 0.827. The zero-order valence-corrected chi connectivity index (χ0v) is 9.50. The van der Waals surface area contributed by atoms with E-state index in [1.54, 1.807) is 14.2 Å². The summed E-state index contributed by atoms with van der Waals surface area (Å²) in [4.78, 5) is 0. The van der Waals surface area contributed by atoms with Crippen molar-refractivity contribution in [2.75, 3.05) is 14.2 Å². The third-order valence-electron chi connectivity index (χ3n) is 3.31. The van der Waals surface area contributed by atoms with Gasteiger partial charge >= 0.3 is 0 Å². The van der Waals surface area contributed by atoms with E-state index in [9.17, 15) is 0 Å². The minimum absolute atomic E-state index is 0.0260. The monoisotopic (exact) mass is 199 g/mol. The van der Waals surface area contributed by atoms with Crippen molar-refractivity contribution in [3.63, 3.8) is 0 Å². The zero-order valence-electron chi connectivity index (χ0n) is 9.50. The molecule has 2 unspecified atom stereocenters. The lowest BCUT2D eigenvalue weighted by molar-refractivity contribution is -0.0273. The first-order valence-electron chi connectivity index (χ1n) is 5.66. The molecule has 83 valence electrons. The van der Waals surface area contributed by atoms with E-state index in [2.05, 4.69) is 6.92 Å². The van der Waals surface area contributed by atoms with Gasteiger partial charge in [-0.2, -0.15) is 0 Å². The normalized spacial score (nSPS) is 23.4. The molecule has 1 radical (unpaired) electrons. The van der Waals surface area contributed by atoms with Gasteiger partial charge in [-0.05, 0) is 19.3 Å². The van der Waals surface area contributed by atoms with Gasteiger partial charge in [-0.1, -0.05) is 32.1 Å². The Morgan fingerprint density at radius 2 is 1.79 bits per heavy atom. The van der Waals surface area contributed by atoms with Crippen molar-refractivity contribution in [1.82, 2.24) is 0 Å². The molecule has 0 aromatic carbocycles. The largest absolute Gasteiger partial charge is 0.379 e. The fraction of sp³-hybridized carbons (Fsp3) is 0.917. The van der Waals surface area contributed by atoms with Gasteiger partial charge in [0.15, 0.2) is 0 Å². The van der Waals surface area contributed by atoms with Crippen LogP contribution in [0.1, 0.15) is 38.5 Å². The van der Waals surface area contributed by atoms with Crippen molar-refractivity contribution >= 4 is 0 Å². The summed E-state index contributed by atoms with van der Waals surface area (Å²) >= 11 is 0. The van der Waals surface area contributed by atoms with E-state index < -0.39 is 0 Å². The van der Waals surface area contributed by atoms with Crippen LogP contribution in [0.5, 0.6) is 0 Å². The molecule has 0 saturated heterocycles. The standard InChI is InChI=1S/C12H23O2/c1-10(13-2)12(14-3)9-11-7-5-4-6-8-11/h10-12H,1,4-9H2,2-3H3. The van der Waals surface area contributed by atoms with Crippen LogP contribution >= 0.6 is 0 Å². The Bertz CT molecular complexity index is 141. The first kappa shape index (κ1) is 12.0. The topological polar surface area (TPSA) is 18.5 Å². The number of rotatable bonds is 5. The Labute approximate surface area is 88.0 Å². The molecule has 0 bridgehead atoms. The van der Waals surface area contributed by atoms with Gasteiger partial charge in [-0.25, -0.2) is 0 Å². The van der Waals surface area contributed by atoms with E-state index in [0.717, 1.165) is 12.3 Å². The first-order valence-corrected chi connectivity index (χ1v) is 5.66. The van der Waals surface area contributed by atoms with Crippen molar-refractivity contribution in [3.8, 4) is 0 Å². The van der Waals surface area contributed by atoms with E-state index in [0.29, 0.717) is 0 Å². The fourth-order valence-electron chi connectivity index (χ4n) is 2.30. The van der Waals surface area contributed by atoms with Crippen LogP contribution in [0, 0.1) is 12.8 Å². The van der Waals surface area contributed by atoms with Crippen LogP contribution in [0.25, 0.3) is 0 Å². The Kier molecular flexibility index (Phi) is 5.49. The van der Waals surface area contributed by atoms with E-state index in [1.165, 1.54) is 32.1 Å². The van der Waals surface area contributed by atoms with E-state index >= 15 is 0 Å². The highest BCUT2D eigenvalue weighted by atomic mass is 16.5. The van der Waals surface area contributed by atoms with Gasteiger partial charge in [0, 0.05) is 14.2 Å². The third-order valence-corrected chi connectivity index (χ3v) is 3.31. The lowest BCUT2D eigenvalue weighted by Crippen LogP contribution is -2.30. The van der Waals surface area contributed by atoms with Crippen molar-refractivity contribution in [1.29, 1.82) is 0 Å². The SMILES string of the molecule is [CH2]C(OC)C(CC1CCCCC1)OC. The van der Waals surface area contributed by atoms with Gasteiger partial charge in [0.05, 0.1) is 12.2 Å². The van der Waals surface area contributed by atoms with Gasteiger partial charge in [0.25, 0.3) is 0 Å². The molecule has 1 aliphatic rings. The molecule has 2 heteroatoms. The second-order valence-corrected chi connectivity index (χ2v) is 4.29.